The fourth-order valence-corrected chi connectivity index (χ4v) is 3.64. The van der Waals surface area contributed by atoms with Crippen molar-refractivity contribution in [3.8, 4) is 5.75 Å². The van der Waals surface area contributed by atoms with E-state index in [2.05, 4.69) is 28.2 Å². The normalized spacial score (nSPS) is 15.8. The molecule has 0 atom stereocenters. The van der Waals surface area contributed by atoms with E-state index in [1.54, 1.807) is 7.11 Å². The molecule has 0 bridgehead atoms. The molecule has 2 N–H and O–H groups in total. The second kappa shape index (κ2) is 7.23. The Bertz CT molecular complexity index is 872. The molecule has 0 saturated carbocycles. The summed E-state index contributed by atoms with van der Waals surface area (Å²) in [6.45, 7) is 6.92. The molecule has 0 aliphatic carbocycles. The lowest BCUT2D eigenvalue weighted by Gasteiger charge is -2.36. The molecule has 0 unspecified atom stereocenters. The maximum Gasteiger partial charge on any atom is 0.227 e. The predicted molar refractivity (Wildman–Crippen MR) is 108 cm³/mol. The number of amides is 1. The summed E-state index contributed by atoms with van der Waals surface area (Å²) in [6, 6.07) is 14.0. The fourth-order valence-electron chi connectivity index (χ4n) is 3.64. The summed E-state index contributed by atoms with van der Waals surface area (Å²) < 4.78 is 5.46. The van der Waals surface area contributed by atoms with Gasteiger partial charge in [0.15, 0.2) is 0 Å². The molecule has 2 aliphatic rings. The van der Waals surface area contributed by atoms with Crippen LogP contribution >= 0.6 is 0 Å². The minimum absolute atomic E-state index is 0.166. The molecular weight excluding hydrogens is 340 g/mol. The van der Waals surface area contributed by atoms with Crippen molar-refractivity contribution in [1.82, 2.24) is 4.90 Å². The summed E-state index contributed by atoms with van der Waals surface area (Å²) in [7, 11) is 1.69. The van der Waals surface area contributed by atoms with Gasteiger partial charge in [-0.2, -0.15) is 0 Å². The van der Waals surface area contributed by atoms with Crippen LogP contribution in [0.15, 0.2) is 54.9 Å². The van der Waals surface area contributed by atoms with E-state index >= 15 is 0 Å². The number of benzene rings is 2. The van der Waals surface area contributed by atoms with E-state index in [1.807, 2.05) is 41.3 Å². The number of rotatable bonds is 4. The monoisotopic (exact) mass is 364 g/mol. The van der Waals surface area contributed by atoms with E-state index in [1.165, 1.54) is 0 Å². The third-order valence-corrected chi connectivity index (χ3v) is 5.07. The number of hydrogen-bond donors (Lipinski definition) is 2. The van der Waals surface area contributed by atoms with E-state index in [0.29, 0.717) is 6.42 Å². The van der Waals surface area contributed by atoms with Crippen LogP contribution in [-0.2, 0) is 11.2 Å². The first kappa shape index (κ1) is 17.3. The van der Waals surface area contributed by atoms with Crippen LogP contribution in [0, 0.1) is 0 Å². The summed E-state index contributed by atoms with van der Waals surface area (Å²) >= 11 is 0. The van der Waals surface area contributed by atoms with Crippen molar-refractivity contribution in [3.63, 3.8) is 0 Å². The van der Waals surface area contributed by atoms with Crippen molar-refractivity contribution < 1.29 is 9.53 Å². The van der Waals surface area contributed by atoms with Gasteiger partial charge in [-0.25, -0.2) is 0 Å². The molecule has 6 nitrogen and oxygen atoms in total. The third kappa shape index (κ3) is 3.56. The summed E-state index contributed by atoms with van der Waals surface area (Å²) in [5.74, 6) is 1.80. The second-order valence-electron chi connectivity index (χ2n) is 6.82. The standard InChI is InChI=1S/C21H24N4O2/c1-15-22-17-8-7-16(13-18(17)23-15)14-21(26)25-11-9-24(10-12-25)19-5-3-4-6-20(19)27-2/h3-8,13,22-23H,1,9-12,14H2,2H3. The molecule has 0 aromatic heterocycles. The van der Waals surface area contributed by atoms with E-state index in [9.17, 15) is 4.79 Å². The van der Waals surface area contributed by atoms with Gasteiger partial charge in [0.05, 0.1) is 30.6 Å². The Morgan fingerprint density at radius 2 is 1.81 bits per heavy atom. The van der Waals surface area contributed by atoms with Gasteiger partial charge in [-0.3, -0.25) is 4.79 Å². The third-order valence-electron chi connectivity index (χ3n) is 5.07. The highest BCUT2D eigenvalue weighted by Crippen LogP contribution is 2.31. The maximum atomic E-state index is 12.7. The molecular formula is C21H24N4O2. The van der Waals surface area contributed by atoms with Crippen molar-refractivity contribution in [2.45, 2.75) is 6.42 Å². The first-order valence-electron chi connectivity index (χ1n) is 9.15. The van der Waals surface area contributed by atoms with Crippen molar-refractivity contribution in [2.75, 3.05) is 48.8 Å². The molecule has 6 heteroatoms. The van der Waals surface area contributed by atoms with Gasteiger partial charge >= 0.3 is 0 Å². The van der Waals surface area contributed by atoms with Crippen LogP contribution in [0.4, 0.5) is 17.1 Å². The molecule has 4 rings (SSSR count). The minimum Gasteiger partial charge on any atom is -0.495 e. The molecule has 1 amide bonds. The lowest BCUT2D eigenvalue weighted by Crippen LogP contribution is -2.49. The van der Waals surface area contributed by atoms with E-state index in [4.69, 9.17) is 4.74 Å². The number of carbonyl (C=O) groups excluding carboxylic acids is 1. The second-order valence-corrected chi connectivity index (χ2v) is 6.82. The summed E-state index contributed by atoms with van der Waals surface area (Å²) in [6.07, 6.45) is 0.413. The van der Waals surface area contributed by atoms with Gasteiger partial charge in [0, 0.05) is 26.2 Å². The fraction of sp³-hybridized carbons (Fsp3) is 0.286. The summed E-state index contributed by atoms with van der Waals surface area (Å²) in [5, 5.41) is 6.33. The molecule has 0 radical (unpaired) electrons. The van der Waals surface area contributed by atoms with Gasteiger partial charge < -0.3 is 25.2 Å². The van der Waals surface area contributed by atoms with E-state index in [-0.39, 0.29) is 5.91 Å². The van der Waals surface area contributed by atoms with Gasteiger partial charge in [0.2, 0.25) is 5.91 Å². The number of anilines is 3. The molecule has 2 aliphatic heterocycles. The molecule has 2 aromatic rings. The van der Waals surface area contributed by atoms with Crippen LogP contribution in [0.1, 0.15) is 5.56 Å². The zero-order valence-corrected chi connectivity index (χ0v) is 15.5. The summed E-state index contributed by atoms with van der Waals surface area (Å²) in [5.41, 5.74) is 4.08. The van der Waals surface area contributed by atoms with Crippen LogP contribution in [0.5, 0.6) is 5.75 Å². The highest BCUT2D eigenvalue weighted by molar-refractivity contribution is 5.83. The lowest BCUT2D eigenvalue weighted by molar-refractivity contribution is -0.130. The maximum absolute atomic E-state index is 12.7. The van der Waals surface area contributed by atoms with Gasteiger partial charge in [-0.05, 0) is 29.8 Å². The van der Waals surface area contributed by atoms with Crippen LogP contribution in [0.3, 0.4) is 0 Å². The van der Waals surface area contributed by atoms with Gasteiger partial charge in [0.25, 0.3) is 0 Å². The smallest absolute Gasteiger partial charge is 0.227 e. The Morgan fingerprint density at radius 3 is 2.59 bits per heavy atom. The number of nitrogens with one attached hydrogen (secondary N) is 2. The Labute approximate surface area is 159 Å². The average molecular weight is 364 g/mol. The Hall–Kier alpha value is -3.15. The number of ether oxygens (including phenoxy) is 1. The van der Waals surface area contributed by atoms with E-state index in [0.717, 1.165) is 60.4 Å². The van der Waals surface area contributed by atoms with Crippen LogP contribution < -0.4 is 20.3 Å². The first-order chi connectivity index (χ1) is 13.1. The van der Waals surface area contributed by atoms with Crippen molar-refractivity contribution in [2.24, 2.45) is 0 Å². The van der Waals surface area contributed by atoms with Crippen molar-refractivity contribution in [1.29, 1.82) is 0 Å². The zero-order valence-electron chi connectivity index (χ0n) is 15.5. The van der Waals surface area contributed by atoms with E-state index < -0.39 is 0 Å². The average Bonchev–Trinajstić information content (AvgIpc) is 3.07. The SMILES string of the molecule is C=C1Nc2ccc(CC(=O)N3CCN(c4ccccc4OC)CC3)cc2N1. The molecule has 1 fully saturated rings. The molecule has 2 heterocycles. The Morgan fingerprint density at radius 1 is 1.07 bits per heavy atom. The number of fused-ring (bicyclic) bond motifs is 1. The van der Waals surface area contributed by atoms with Gasteiger partial charge in [-0.1, -0.05) is 24.8 Å². The molecule has 140 valence electrons. The Balaban J connectivity index is 1.36. The minimum atomic E-state index is 0.166. The number of hydrogen-bond acceptors (Lipinski definition) is 5. The van der Waals surface area contributed by atoms with Gasteiger partial charge in [-0.15, -0.1) is 0 Å². The number of piperazine rings is 1. The number of carbonyl (C=O) groups is 1. The van der Waals surface area contributed by atoms with Crippen molar-refractivity contribution in [3.05, 3.63) is 60.4 Å². The zero-order chi connectivity index (χ0) is 18.8. The van der Waals surface area contributed by atoms with Crippen LogP contribution in [0.2, 0.25) is 0 Å². The van der Waals surface area contributed by atoms with Crippen molar-refractivity contribution >= 4 is 23.0 Å². The number of para-hydroxylation sites is 2. The first-order valence-corrected chi connectivity index (χ1v) is 9.15. The lowest BCUT2D eigenvalue weighted by atomic mass is 10.1. The highest BCUT2D eigenvalue weighted by Gasteiger charge is 2.23. The van der Waals surface area contributed by atoms with Crippen LogP contribution in [-0.4, -0.2) is 44.1 Å². The molecule has 1 saturated heterocycles. The molecule has 0 spiro atoms. The highest BCUT2D eigenvalue weighted by atomic mass is 16.5. The summed E-state index contributed by atoms with van der Waals surface area (Å²) in [4.78, 5) is 17.0. The quantitative estimate of drug-likeness (QED) is 0.874. The molecule has 27 heavy (non-hydrogen) atoms. The molecule has 2 aromatic carbocycles. The topological polar surface area (TPSA) is 56.8 Å². The van der Waals surface area contributed by atoms with Gasteiger partial charge in [0.1, 0.15) is 11.6 Å². The predicted octanol–water partition coefficient (Wildman–Crippen LogP) is 2.90. The number of nitrogens with zero attached hydrogens (tertiary/aromatic N) is 2. The number of methoxy groups -OCH3 is 1. The van der Waals surface area contributed by atoms with Crippen LogP contribution in [0.25, 0.3) is 0 Å². The Kier molecular flexibility index (Phi) is 4.62. The largest absolute Gasteiger partial charge is 0.495 e.